The van der Waals surface area contributed by atoms with Crippen LogP contribution in [0.25, 0.3) is 0 Å². The van der Waals surface area contributed by atoms with Gasteiger partial charge in [0.05, 0.1) is 10.6 Å². The van der Waals surface area contributed by atoms with E-state index < -0.39 is 10.0 Å². The van der Waals surface area contributed by atoms with E-state index in [4.69, 9.17) is 0 Å². The van der Waals surface area contributed by atoms with E-state index in [1.54, 1.807) is 18.2 Å². The second-order valence-electron chi connectivity index (χ2n) is 6.14. The summed E-state index contributed by atoms with van der Waals surface area (Å²) in [5.41, 5.74) is 1.24. The Kier molecular flexibility index (Phi) is 4.94. The van der Waals surface area contributed by atoms with Crippen LogP contribution in [0.1, 0.15) is 30.1 Å². The van der Waals surface area contributed by atoms with Gasteiger partial charge in [-0.2, -0.15) is 0 Å². The molecule has 0 bridgehead atoms. The molecule has 1 aliphatic rings. The maximum absolute atomic E-state index is 12.5. The molecular formula is C18H19N3O4S. The Morgan fingerprint density at radius 1 is 1.00 bits per heavy atom. The van der Waals surface area contributed by atoms with Crippen molar-refractivity contribution in [1.82, 2.24) is 5.32 Å². The van der Waals surface area contributed by atoms with Crippen LogP contribution < -0.4 is 15.4 Å². The summed E-state index contributed by atoms with van der Waals surface area (Å²) in [6.45, 7) is 1.37. The number of nitrogens with one attached hydrogen (secondary N) is 3. The van der Waals surface area contributed by atoms with Crippen molar-refractivity contribution < 1.29 is 18.0 Å². The Morgan fingerprint density at radius 3 is 2.27 bits per heavy atom. The SMILES string of the molecule is CC(=O)Nc1cccc(NS(=O)(=O)c2ccc(C(=O)NC3CC3)cc2)c1. The minimum absolute atomic E-state index is 0.0467. The van der Waals surface area contributed by atoms with Crippen molar-refractivity contribution in [2.45, 2.75) is 30.7 Å². The van der Waals surface area contributed by atoms with Gasteiger partial charge in [0.15, 0.2) is 0 Å². The number of hydrogen-bond acceptors (Lipinski definition) is 4. The van der Waals surface area contributed by atoms with Crippen LogP contribution in [0.4, 0.5) is 11.4 Å². The molecule has 2 aromatic rings. The molecule has 0 radical (unpaired) electrons. The molecule has 3 rings (SSSR count). The number of sulfonamides is 1. The number of benzene rings is 2. The quantitative estimate of drug-likeness (QED) is 0.723. The highest BCUT2D eigenvalue weighted by atomic mass is 32.2. The lowest BCUT2D eigenvalue weighted by atomic mass is 10.2. The van der Waals surface area contributed by atoms with Crippen LogP contribution >= 0.6 is 0 Å². The average Bonchev–Trinajstić information content (AvgIpc) is 3.38. The van der Waals surface area contributed by atoms with Crippen molar-refractivity contribution in [2.75, 3.05) is 10.0 Å². The van der Waals surface area contributed by atoms with E-state index in [0.717, 1.165) is 12.8 Å². The Hall–Kier alpha value is -2.87. The molecule has 1 fully saturated rings. The number of amides is 2. The van der Waals surface area contributed by atoms with Crippen LogP contribution in [-0.2, 0) is 14.8 Å². The number of hydrogen-bond donors (Lipinski definition) is 3. The number of carbonyl (C=O) groups excluding carboxylic acids is 2. The molecule has 0 spiro atoms. The Balaban J connectivity index is 1.73. The van der Waals surface area contributed by atoms with E-state index >= 15 is 0 Å². The molecule has 0 saturated heterocycles. The van der Waals surface area contributed by atoms with Gasteiger partial charge in [0, 0.05) is 24.2 Å². The molecule has 8 heteroatoms. The standard InChI is InChI=1S/C18H19N3O4S/c1-12(22)19-15-3-2-4-16(11-15)21-26(24,25)17-9-5-13(6-10-17)18(23)20-14-7-8-14/h2-6,9-11,14,21H,7-8H2,1H3,(H,19,22)(H,20,23). The molecular weight excluding hydrogens is 354 g/mol. The third kappa shape index (κ3) is 4.60. The monoisotopic (exact) mass is 373 g/mol. The first-order valence-corrected chi connectivity index (χ1v) is 9.63. The van der Waals surface area contributed by atoms with E-state index in [-0.39, 0.29) is 22.8 Å². The summed E-state index contributed by atoms with van der Waals surface area (Å²) in [5.74, 6) is -0.447. The van der Waals surface area contributed by atoms with Crippen molar-refractivity contribution in [1.29, 1.82) is 0 Å². The van der Waals surface area contributed by atoms with Gasteiger partial charge in [-0.25, -0.2) is 8.42 Å². The first-order chi connectivity index (χ1) is 12.3. The van der Waals surface area contributed by atoms with Crippen LogP contribution in [0, 0.1) is 0 Å². The fraction of sp³-hybridized carbons (Fsp3) is 0.222. The molecule has 26 heavy (non-hydrogen) atoms. The van der Waals surface area contributed by atoms with Gasteiger partial charge in [-0.15, -0.1) is 0 Å². The molecule has 3 N–H and O–H groups in total. The zero-order chi connectivity index (χ0) is 18.7. The average molecular weight is 373 g/mol. The van der Waals surface area contributed by atoms with Crippen LogP contribution in [0.5, 0.6) is 0 Å². The highest BCUT2D eigenvalue weighted by Crippen LogP contribution is 2.21. The lowest BCUT2D eigenvalue weighted by Crippen LogP contribution is -2.25. The Labute approximate surface area is 151 Å². The van der Waals surface area contributed by atoms with Gasteiger partial charge in [0.2, 0.25) is 5.91 Å². The normalized spacial score (nSPS) is 13.7. The van der Waals surface area contributed by atoms with Crippen LogP contribution in [0.2, 0.25) is 0 Å². The predicted octanol–water partition coefficient (Wildman–Crippen LogP) is 2.34. The zero-order valence-electron chi connectivity index (χ0n) is 14.2. The third-order valence-electron chi connectivity index (χ3n) is 3.77. The molecule has 0 aliphatic heterocycles. The van der Waals surface area contributed by atoms with Crippen molar-refractivity contribution in [3.05, 3.63) is 54.1 Å². The summed E-state index contributed by atoms with van der Waals surface area (Å²) in [6, 6.07) is 12.4. The first-order valence-electron chi connectivity index (χ1n) is 8.15. The van der Waals surface area contributed by atoms with E-state index in [1.807, 2.05) is 0 Å². The second-order valence-corrected chi connectivity index (χ2v) is 7.82. The molecule has 0 aromatic heterocycles. The zero-order valence-corrected chi connectivity index (χ0v) is 15.0. The van der Waals surface area contributed by atoms with Gasteiger partial charge >= 0.3 is 0 Å². The molecule has 2 aromatic carbocycles. The van der Waals surface area contributed by atoms with E-state index in [2.05, 4.69) is 15.4 Å². The Bertz CT molecular complexity index is 935. The molecule has 7 nitrogen and oxygen atoms in total. The minimum atomic E-state index is -3.81. The smallest absolute Gasteiger partial charge is 0.261 e. The largest absolute Gasteiger partial charge is 0.349 e. The predicted molar refractivity (Wildman–Crippen MR) is 98.5 cm³/mol. The molecule has 136 valence electrons. The number of anilines is 2. The lowest BCUT2D eigenvalue weighted by Gasteiger charge is -2.10. The fourth-order valence-electron chi connectivity index (χ4n) is 2.36. The maximum Gasteiger partial charge on any atom is 0.261 e. The van der Waals surface area contributed by atoms with Gasteiger partial charge in [0.1, 0.15) is 0 Å². The second kappa shape index (κ2) is 7.17. The van der Waals surface area contributed by atoms with Gasteiger partial charge in [0.25, 0.3) is 15.9 Å². The lowest BCUT2D eigenvalue weighted by molar-refractivity contribution is -0.114. The number of carbonyl (C=O) groups is 2. The van der Waals surface area contributed by atoms with Crippen LogP contribution in [0.15, 0.2) is 53.4 Å². The molecule has 0 atom stereocenters. The van der Waals surface area contributed by atoms with Crippen molar-refractivity contribution in [3.63, 3.8) is 0 Å². The molecule has 1 saturated carbocycles. The van der Waals surface area contributed by atoms with Crippen LogP contribution in [0.3, 0.4) is 0 Å². The molecule has 1 aliphatic carbocycles. The van der Waals surface area contributed by atoms with Crippen molar-refractivity contribution in [3.8, 4) is 0 Å². The summed E-state index contributed by atoms with van der Waals surface area (Å²) in [4.78, 5) is 23.1. The van der Waals surface area contributed by atoms with Gasteiger partial charge in [-0.3, -0.25) is 14.3 Å². The van der Waals surface area contributed by atoms with Gasteiger partial charge in [-0.1, -0.05) is 6.07 Å². The highest BCUT2D eigenvalue weighted by Gasteiger charge is 2.24. The van der Waals surface area contributed by atoms with Crippen LogP contribution in [-0.4, -0.2) is 26.3 Å². The molecule has 2 amide bonds. The summed E-state index contributed by atoms with van der Waals surface area (Å²) in [7, 11) is -3.81. The molecule has 0 unspecified atom stereocenters. The molecule has 0 heterocycles. The van der Waals surface area contributed by atoms with E-state index in [9.17, 15) is 18.0 Å². The van der Waals surface area contributed by atoms with E-state index in [1.165, 1.54) is 37.3 Å². The summed E-state index contributed by atoms with van der Waals surface area (Å²) < 4.78 is 27.5. The Morgan fingerprint density at radius 2 is 1.65 bits per heavy atom. The van der Waals surface area contributed by atoms with Gasteiger partial charge in [-0.05, 0) is 55.3 Å². The van der Waals surface area contributed by atoms with Crippen molar-refractivity contribution in [2.24, 2.45) is 0 Å². The first kappa shape index (κ1) is 17.9. The summed E-state index contributed by atoms with van der Waals surface area (Å²) in [5, 5.41) is 5.44. The summed E-state index contributed by atoms with van der Waals surface area (Å²) in [6.07, 6.45) is 1.97. The third-order valence-corrected chi connectivity index (χ3v) is 5.17. The summed E-state index contributed by atoms with van der Waals surface area (Å²) >= 11 is 0. The topological polar surface area (TPSA) is 104 Å². The minimum Gasteiger partial charge on any atom is -0.349 e. The maximum atomic E-state index is 12.5. The number of rotatable bonds is 6. The fourth-order valence-corrected chi connectivity index (χ4v) is 3.41. The van der Waals surface area contributed by atoms with Crippen molar-refractivity contribution >= 4 is 33.2 Å². The highest BCUT2D eigenvalue weighted by molar-refractivity contribution is 7.92. The van der Waals surface area contributed by atoms with E-state index in [0.29, 0.717) is 16.9 Å². The van der Waals surface area contributed by atoms with Gasteiger partial charge < -0.3 is 10.6 Å².